The molecule has 1 heterocycles. The molecular formula is C18H20N2O3. The minimum absolute atomic E-state index is 0.102. The molecule has 0 spiro atoms. The van der Waals surface area contributed by atoms with Crippen molar-refractivity contribution in [3.63, 3.8) is 0 Å². The van der Waals surface area contributed by atoms with Crippen LogP contribution in [0.25, 0.3) is 0 Å². The molecule has 0 radical (unpaired) electrons. The van der Waals surface area contributed by atoms with Crippen molar-refractivity contribution in [1.82, 2.24) is 10.3 Å². The molecule has 0 saturated heterocycles. The molecule has 1 aromatic carbocycles. The average Bonchev–Trinajstić information content (AvgIpc) is 2.52. The third kappa shape index (κ3) is 3.94. The van der Waals surface area contributed by atoms with Gasteiger partial charge in [-0.15, -0.1) is 0 Å². The summed E-state index contributed by atoms with van der Waals surface area (Å²) in [4.78, 5) is 27.6. The summed E-state index contributed by atoms with van der Waals surface area (Å²) in [5, 5.41) is 12.0. The van der Waals surface area contributed by atoms with E-state index in [2.05, 4.69) is 10.3 Å². The molecule has 0 bridgehead atoms. The molecule has 0 aliphatic rings. The monoisotopic (exact) mass is 312 g/mol. The number of carboxylic acid groups (broad SMARTS) is 1. The quantitative estimate of drug-likeness (QED) is 0.888. The van der Waals surface area contributed by atoms with Crippen LogP contribution in [0.15, 0.2) is 42.5 Å². The van der Waals surface area contributed by atoms with E-state index in [1.54, 1.807) is 6.92 Å². The summed E-state index contributed by atoms with van der Waals surface area (Å²) in [5.74, 6) is -1.15. The maximum Gasteiger partial charge on any atom is 0.337 e. The molecule has 5 heteroatoms. The number of aromatic carboxylic acids is 1. The molecule has 1 amide bonds. The lowest BCUT2D eigenvalue weighted by Crippen LogP contribution is -2.32. The lowest BCUT2D eigenvalue weighted by Gasteiger charge is -2.22. The van der Waals surface area contributed by atoms with Gasteiger partial charge in [0, 0.05) is 0 Å². The van der Waals surface area contributed by atoms with Crippen LogP contribution in [0, 0.1) is 12.8 Å². The SMILES string of the molecule is Cc1nc(C(=O)NC(c2ccccc2)C(C)C)ccc1C(=O)O. The van der Waals surface area contributed by atoms with E-state index in [9.17, 15) is 9.59 Å². The molecule has 1 aromatic heterocycles. The standard InChI is InChI=1S/C18H20N2O3/c1-11(2)16(13-7-5-4-6-8-13)20-17(21)15-10-9-14(18(22)23)12(3)19-15/h4-11,16H,1-3H3,(H,20,21)(H,22,23). The molecule has 5 nitrogen and oxygen atoms in total. The molecule has 120 valence electrons. The van der Waals surface area contributed by atoms with Crippen molar-refractivity contribution >= 4 is 11.9 Å². The molecule has 0 aliphatic carbocycles. The van der Waals surface area contributed by atoms with Crippen molar-refractivity contribution in [2.75, 3.05) is 0 Å². The number of rotatable bonds is 5. The maximum atomic E-state index is 12.4. The van der Waals surface area contributed by atoms with E-state index in [1.807, 2.05) is 44.2 Å². The Morgan fingerprint density at radius 2 is 1.74 bits per heavy atom. The Kier molecular flexibility index (Phi) is 5.11. The highest BCUT2D eigenvalue weighted by atomic mass is 16.4. The molecule has 0 saturated carbocycles. The number of benzene rings is 1. The van der Waals surface area contributed by atoms with Crippen LogP contribution in [0.2, 0.25) is 0 Å². The molecule has 2 rings (SSSR count). The fourth-order valence-electron chi connectivity index (χ4n) is 2.42. The first-order valence-corrected chi connectivity index (χ1v) is 7.47. The highest BCUT2D eigenvalue weighted by molar-refractivity contribution is 5.94. The summed E-state index contributed by atoms with van der Waals surface area (Å²) < 4.78 is 0. The lowest BCUT2D eigenvalue weighted by atomic mass is 9.96. The van der Waals surface area contributed by atoms with E-state index in [-0.39, 0.29) is 29.1 Å². The highest BCUT2D eigenvalue weighted by Crippen LogP contribution is 2.21. The fraction of sp³-hybridized carbons (Fsp3) is 0.278. The van der Waals surface area contributed by atoms with Crippen molar-refractivity contribution in [2.24, 2.45) is 5.92 Å². The predicted octanol–water partition coefficient (Wildman–Crippen LogP) is 3.22. The van der Waals surface area contributed by atoms with Gasteiger partial charge < -0.3 is 10.4 Å². The second kappa shape index (κ2) is 7.05. The summed E-state index contributed by atoms with van der Waals surface area (Å²) in [6.45, 7) is 5.64. The zero-order chi connectivity index (χ0) is 17.0. The van der Waals surface area contributed by atoms with Gasteiger partial charge >= 0.3 is 5.97 Å². The van der Waals surface area contributed by atoms with Gasteiger partial charge in [-0.3, -0.25) is 4.79 Å². The van der Waals surface area contributed by atoms with Crippen molar-refractivity contribution in [3.05, 3.63) is 65.0 Å². The molecular weight excluding hydrogens is 292 g/mol. The van der Waals surface area contributed by atoms with Gasteiger partial charge in [-0.05, 0) is 30.5 Å². The van der Waals surface area contributed by atoms with Crippen LogP contribution in [-0.2, 0) is 0 Å². The molecule has 23 heavy (non-hydrogen) atoms. The zero-order valence-electron chi connectivity index (χ0n) is 13.4. The smallest absolute Gasteiger partial charge is 0.337 e. The fourth-order valence-corrected chi connectivity index (χ4v) is 2.42. The number of hydrogen-bond donors (Lipinski definition) is 2. The maximum absolute atomic E-state index is 12.4. The number of carbonyl (C=O) groups is 2. The van der Waals surface area contributed by atoms with Gasteiger partial charge in [-0.1, -0.05) is 44.2 Å². The van der Waals surface area contributed by atoms with Gasteiger partial charge in [0.25, 0.3) is 5.91 Å². The van der Waals surface area contributed by atoms with Gasteiger partial charge in [0.1, 0.15) is 5.69 Å². The number of nitrogens with zero attached hydrogens (tertiary/aromatic N) is 1. The number of aromatic nitrogens is 1. The number of carbonyl (C=O) groups excluding carboxylic acids is 1. The van der Waals surface area contributed by atoms with Crippen molar-refractivity contribution < 1.29 is 14.7 Å². The minimum Gasteiger partial charge on any atom is -0.478 e. The minimum atomic E-state index is -1.05. The van der Waals surface area contributed by atoms with Gasteiger partial charge in [0.2, 0.25) is 0 Å². The van der Waals surface area contributed by atoms with Crippen LogP contribution in [0.4, 0.5) is 0 Å². The van der Waals surface area contributed by atoms with E-state index in [0.717, 1.165) is 5.56 Å². The Morgan fingerprint density at radius 3 is 2.26 bits per heavy atom. The molecule has 0 aliphatic heterocycles. The Bertz CT molecular complexity index is 711. The van der Waals surface area contributed by atoms with Crippen molar-refractivity contribution in [2.45, 2.75) is 26.8 Å². The van der Waals surface area contributed by atoms with Gasteiger partial charge in [-0.2, -0.15) is 0 Å². The van der Waals surface area contributed by atoms with E-state index in [0.29, 0.717) is 5.69 Å². The second-order valence-corrected chi connectivity index (χ2v) is 5.74. The summed E-state index contributed by atoms with van der Waals surface area (Å²) in [6.07, 6.45) is 0. The second-order valence-electron chi connectivity index (χ2n) is 5.74. The van der Waals surface area contributed by atoms with Gasteiger partial charge in [0.05, 0.1) is 17.3 Å². The predicted molar refractivity (Wildman–Crippen MR) is 87.4 cm³/mol. The van der Waals surface area contributed by atoms with E-state index in [1.165, 1.54) is 12.1 Å². The molecule has 2 N–H and O–H groups in total. The third-order valence-corrected chi connectivity index (χ3v) is 3.66. The number of carboxylic acids is 1. The largest absolute Gasteiger partial charge is 0.478 e. The first-order chi connectivity index (χ1) is 10.9. The van der Waals surface area contributed by atoms with Crippen LogP contribution in [0.1, 0.15) is 52.0 Å². The Balaban J connectivity index is 2.23. The van der Waals surface area contributed by atoms with Gasteiger partial charge in [0.15, 0.2) is 0 Å². The molecule has 2 aromatic rings. The van der Waals surface area contributed by atoms with E-state index >= 15 is 0 Å². The Hall–Kier alpha value is -2.69. The normalized spacial score (nSPS) is 12.0. The number of hydrogen-bond acceptors (Lipinski definition) is 3. The first kappa shape index (κ1) is 16.7. The van der Waals surface area contributed by atoms with Crippen LogP contribution in [0.5, 0.6) is 0 Å². The molecule has 0 fully saturated rings. The van der Waals surface area contributed by atoms with Gasteiger partial charge in [-0.25, -0.2) is 9.78 Å². The summed E-state index contributed by atoms with van der Waals surface area (Å²) in [5.41, 5.74) is 1.67. The van der Waals surface area contributed by atoms with Crippen LogP contribution in [-0.4, -0.2) is 22.0 Å². The molecule has 1 atom stereocenters. The first-order valence-electron chi connectivity index (χ1n) is 7.47. The van der Waals surface area contributed by atoms with Crippen LogP contribution >= 0.6 is 0 Å². The molecule has 1 unspecified atom stereocenters. The topological polar surface area (TPSA) is 79.3 Å². The highest BCUT2D eigenvalue weighted by Gasteiger charge is 2.20. The number of pyridine rings is 1. The Morgan fingerprint density at radius 1 is 1.09 bits per heavy atom. The van der Waals surface area contributed by atoms with Crippen LogP contribution in [0.3, 0.4) is 0 Å². The lowest BCUT2D eigenvalue weighted by molar-refractivity contribution is 0.0694. The summed E-state index contributed by atoms with van der Waals surface area (Å²) >= 11 is 0. The number of nitrogens with one attached hydrogen (secondary N) is 1. The zero-order valence-corrected chi connectivity index (χ0v) is 13.4. The summed E-state index contributed by atoms with van der Waals surface area (Å²) in [6, 6.07) is 12.4. The van der Waals surface area contributed by atoms with E-state index < -0.39 is 5.97 Å². The number of aryl methyl sites for hydroxylation is 1. The summed E-state index contributed by atoms with van der Waals surface area (Å²) in [7, 11) is 0. The number of amides is 1. The average molecular weight is 312 g/mol. The van der Waals surface area contributed by atoms with Crippen molar-refractivity contribution in [1.29, 1.82) is 0 Å². The van der Waals surface area contributed by atoms with Crippen LogP contribution < -0.4 is 5.32 Å². The van der Waals surface area contributed by atoms with Crippen molar-refractivity contribution in [3.8, 4) is 0 Å². The van der Waals surface area contributed by atoms with E-state index in [4.69, 9.17) is 5.11 Å². The third-order valence-electron chi connectivity index (χ3n) is 3.66. The Labute approximate surface area is 135 Å².